The fourth-order valence-corrected chi connectivity index (χ4v) is 3.49. The van der Waals surface area contributed by atoms with Crippen LogP contribution in [0.4, 0.5) is 4.79 Å². The molecule has 116 valence electrons. The SMILES string of the molecule is CCNC(=O)N1C[C@H]2C(=O)N(CC3CC3)C[C@@]2(C(=O)O)C1. The van der Waals surface area contributed by atoms with Crippen LogP contribution in [0.25, 0.3) is 0 Å². The Labute approximate surface area is 123 Å². The molecule has 2 saturated heterocycles. The van der Waals surface area contributed by atoms with Crippen molar-refractivity contribution in [2.45, 2.75) is 19.8 Å². The summed E-state index contributed by atoms with van der Waals surface area (Å²) in [6.45, 7) is 3.53. The Morgan fingerprint density at radius 2 is 2.10 bits per heavy atom. The van der Waals surface area contributed by atoms with Gasteiger partial charge in [0.2, 0.25) is 5.91 Å². The molecule has 0 spiro atoms. The van der Waals surface area contributed by atoms with Crippen LogP contribution < -0.4 is 5.32 Å². The number of hydrogen-bond acceptors (Lipinski definition) is 3. The first kappa shape index (κ1) is 14.2. The summed E-state index contributed by atoms with van der Waals surface area (Å²) in [6.07, 6.45) is 2.25. The van der Waals surface area contributed by atoms with E-state index >= 15 is 0 Å². The number of urea groups is 1. The number of nitrogens with one attached hydrogen (secondary N) is 1. The number of carbonyl (C=O) groups is 3. The van der Waals surface area contributed by atoms with Gasteiger partial charge in [0.15, 0.2) is 0 Å². The van der Waals surface area contributed by atoms with E-state index in [0.29, 0.717) is 19.0 Å². The second-order valence-corrected chi connectivity index (χ2v) is 6.39. The lowest BCUT2D eigenvalue weighted by Crippen LogP contribution is -2.44. The highest BCUT2D eigenvalue weighted by atomic mass is 16.4. The first-order chi connectivity index (χ1) is 9.98. The van der Waals surface area contributed by atoms with E-state index in [1.807, 2.05) is 6.92 Å². The molecule has 2 atom stereocenters. The fraction of sp³-hybridized carbons (Fsp3) is 0.786. The van der Waals surface area contributed by atoms with Crippen molar-refractivity contribution in [2.24, 2.45) is 17.3 Å². The van der Waals surface area contributed by atoms with Crippen LogP contribution in [-0.2, 0) is 9.59 Å². The largest absolute Gasteiger partial charge is 0.481 e. The quantitative estimate of drug-likeness (QED) is 0.762. The third kappa shape index (κ3) is 2.24. The molecule has 3 rings (SSSR count). The van der Waals surface area contributed by atoms with Crippen molar-refractivity contribution in [1.82, 2.24) is 15.1 Å². The predicted octanol–water partition coefficient (Wildman–Crippen LogP) is -0.0291. The van der Waals surface area contributed by atoms with Crippen LogP contribution in [0.3, 0.4) is 0 Å². The van der Waals surface area contributed by atoms with Crippen LogP contribution >= 0.6 is 0 Å². The number of amides is 3. The Morgan fingerprint density at radius 1 is 1.38 bits per heavy atom. The lowest BCUT2D eigenvalue weighted by Gasteiger charge is -2.25. The molecule has 0 aromatic carbocycles. The minimum absolute atomic E-state index is 0.101. The summed E-state index contributed by atoms with van der Waals surface area (Å²) in [6, 6.07) is -0.283. The number of fused-ring (bicyclic) bond motifs is 1. The van der Waals surface area contributed by atoms with Crippen molar-refractivity contribution < 1.29 is 19.5 Å². The van der Waals surface area contributed by atoms with Crippen LogP contribution in [-0.4, -0.2) is 65.5 Å². The predicted molar refractivity (Wildman–Crippen MR) is 73.5 cm³/mol. The van der Waals surface area contributed by atoms with Gasteiger partial charge in [0, 0.05) is 32.7 Å². The summed E-state index contributed by atoms with van der Waals surface area (Å²) >= 11 is 0. The molecule has 0 aromatic heterocycles. The van der Waals surface area contributed by atoms with Gasteiger partial charge in [0.05, 0.1) is 5.92 Å². The number of carboxylic acids is 1. The Balaban J connectivity index is 1.78. The van der Waals surface area contributed by atoms with Gasteiger partial charge in [-0.3, -0.25) is 9.59 Å². The maximum atomic E-state index is 12.5. The Kier molecular flexibility index (Phi) is 3.30. The Hall–Kier alpha value is -1.79. The molecule has 0 bridgehead atoms. The van der Waals surface area contributed by atoms with E-state index in [2.05, 4.69) is 5.32 Å². The highest BCUT2D eigenvalue weighted by molar-refractivity contribution is 5.93. The van der Waals surface area contributed by atoms with E-state index in [1.54, 1.807) is 4.90 Å². The molecule has 0 aromatic rings. The van der Waals surface area contributed by atoms with E-state index in [1.165, 1.54) is 4.90 Å². The molecule has 7 nitrogen and oxygen atoms in total. The van der Waals surface area contributed by atoms with E-state index in [9.17, 15) is 19.5 Å². The van der Waals surface area contributed by atoms with Crippen molar-refractivity contribution >= 4 is 17.9 Å². The zero-order valence-electron chi connectivity index (χ0n) is 12.2. The van der Waals surface area contributed by atoms with Crippen LogP contribution in [0.1, 0.15) is 19.8 Å². The summed E-state index contributed by atoms with van der Waals surface area (Å²) in [7, 11) is 0. The van der Waals surface area contributed by atoms with Gasteiger partial charge in [-0.1, -0.05) is 0 Å². The number of carboxylic acid groups (broad SMARTS) is 1. The van der Waals surface area contributed by atoms with Gasteiger partial charge >= 0.3 is 12.0 Å². The molecule has 3 fully saturated rings. The highest BCUT2D eigenvalue weighted by Crippen LogP contribution is 2.45. The molecular weight excluding hydrogens is 274 g/mol. The average Bonchev–Trinajstić information content (AvgIpc) is 3.09. The number of aliphatic carboxylic acids is 1. The molecule has 3 amide bonds. The van der Waals surface area contributed by atoms with Gasteiger partial charge in [-0.15, -0.1) is 0 Å². The summed E-state index contributed by atoms with van der Waals surface area (Å²) in [5.41, 5.74) is -1.13. The average molecular weight is 295 g/mol. The molecular formula is C14H21N3O4. The van der Waals surface area contributed by atoms with E-state index in [-0.39, 0.29) is 31.6 Å². The van der Waals surface area contributed by atoms with E-state index in [4.69, 9.17) is 0 Å². The molecule has 2 heterocycles. The minimum Gasteiger partial charge on any atom is -0.481 e. The van der Waals surface area contributed by atoms with Gasteiger partial charge in [-0.05, 0) is 25.7 Å². The van der Waals surface area contributed by atoms with E-state index < -0.39 is 17.3 Å². The van der Waals surface area contributed by atoms with Gasteiger partial charge in [-0.25, -0.2) is 4.79 Å². The van der Waals surface area contributed by atoms with Crippen molar-refractivity contribution in [3.8, 4) is 0 Å². The molecule has 1 saturated carbocycles. The topological polar surface area (TPSA) is 90.0 Å². The van der Waals surface area contributed by atoms with Gasteiger partial charge in [-0.2, -0.15) is 0 Å². The van der Waals surface area contributed by atoms with Crippen molar-refractivity contribution in [3.05, 3.63) is 0 Å². The standard InChI is InChI=1S/C14H21N3O4/c1-2-15-13(21)17-6-10-11(18)16(5-9-3-4-9)7-14(10,8-17)12(19)20/h9-10H,2-8H2,1H3,(H,15,21)(H,19,20)/t10-,14+/m0/s1. The maximum absolute atomic E-state index is 12.5. The van der Waals surface area contributed by atoms with E-state index in [0.717, 1.165) is 12.8 Å². The second-order valence-electron chi connectivity index (χ2n) is 6.39. The summed E-state index contributed by atoms with van der Waals surface area (Å²) in [5.74, 6) is -1.13. The fourth-order valence-electron chi connectivity index (χ4n) is 3.49. The molecule has 2 aliphatic heterocycles. The van der Waals surface area contributed by atoms with Crippen LogP contribution in [0.2, 0.25) is 0 Å². The summed E-state index contributed by atoms with van der Waals surface area (Å²) < 4.78 is 0. The summed E-state index contributed by atoms with van der Waals surface area (Å²) in [5, 5.41) is 12.3. The normalized spacial score (nSPS) is 31.5. The van der Waals surface area contributed by atoms with Crippen molar-refractivity contribution in [1.29, 1.82) is 0 Å². The summed E-state index contributed by atoms with van der Waals surface area (Å²) in [4.78, 5) is 39.4. The number of likely N-dealkylation sites (tertiary alicyclic amines) is 2. The molecule has 2 N–H and O–H groups in total. The molecule has 0 unspecified atom stereocenters. The first-order valence-electron chi connectivity index (χ1n) is 7.53. The number of nitrogens with zero attached hydrogens (tertiary/aromatic N) is 2. The van der Waals surface area contributed by atoms with Gasteiger partial charge < -0.3 is 20.2 Å². The zero-order chi connectivity index (χ0) is 15.2. The third-order valence-electron chi connectivity index (χ3n) is 4.84. The highest BCUT2D eigenvalue weighted by Gasteiger charge is 2.63. The number of hydrogen-bond donors (Lipinski definition) is 2. The zero-order valence-corrected chi connectivity index (χ0v) is 12.2. The van der Waals surface area contributed by atoms with Crippen LogP contribution in [0.5, 0.6) is 0 Å². The Bertz CT molecular complexity index is 491. The number of rotatable bonds is 4. The van der Waals surface area contributed by atoms with Crippen molar-refractivity contribution in [3.63, 3.8) is 0 Å². The molecule has 7 heteroatoms. The Morgan fingerprint density at radius 3 is 2.62 bits per heavy atom. The van der Waals surface area contributed by atoms with Gasteiger partial charge in [0.1, 0.15) is 5.41 Å². The lowest BCUT2D eigenvalue weighted by atomic mass is 9.81. The van der Waals surface area contributed by atoms with Gasteiger partial charge in [0.25, 0.3) is 0 Å². The second kappa shape index (κ2) is 4.89. The first-order valence-corrected chi connectivity index (χ1v) is 7.53. The monoisotopic (exact) mass is 295 g/mol. The van der Waals surface area contributed by atoms with Crippen LogP contribution in [0, 0.1) is 17.3 Å². The smallest absolute Gasteiger partial charge is 0.317 e. The molecule has 21 heavy (non-hydrogen) atoms. The third-order valence-corrected chi connectivity index (χ3v) is 4.84. The van der Waals surface area contributed by atoms with Crippen molar-refractivity contribution in [2.75, 3.05) is 32.7 Å². The maximum Gasteiger partial charge on any atom is 0.317 e. The molecule has 1 aliphatic carbocycles. The lowest BCUT2D eigenvalue weighted by molar-refractivity contribution is -0.149. The molecule has 3 aliphatic rings. The van der Waals surface area contributed by atoms with Crippen LogP contribution in [0.15, 0.2) is 0 Å². The molecule has 0 radical (unpaired) electrons. The minimum atomic E-state index is -1.13. The number of carbonyl (C=O) groups excluding carboxylic acids is 2.